The lowest BCUT2D eigenvalue weighted by Crippen LogP contribution is -2.53. The quantitative estimate of drug-likeness (QED) is 0.781. The second-order valence-electron chi connectivity index (χ2n) is 5.13. The smallest absolute Gasteiger partial charge is 0.392 e. The molecule has 0 aromatic carbocycles. The predicted octanol–water partition coefficient (Wildman–Crippen LogP) is 0.759. The first-order chi connectivity index (χ1) is 8.74. The summed E-state index contributed by atoms with van der Waals surface area (Å²) in [5, 5.41) is 0. The van der Waals surface area contributed by atoms with E-state index < -0.39 is 18.1 Å². The summed E-state index contributed by atoms with van der Waals surface area (Å²) in [6, 6.07) is 0. The Morgan fingerprint density at radius 1 is 1.21 bits per heavy atom. The summed E-state index contributed by atoms with van der Waals surface area (Å²) < 4.78 is 36.7. The Labute approximate surface area is 114 Å². The van der Waals surface area contributed by atoms with E-state index in [0.717, 1.165) is 0 Å². The van der Waals surface area contributed by atoms with E-state index >= 15 is 0 Å². The van der Waals surface area contributed by atoms with Crippen molar-refractivity contribution in [2.24, 2.45) is 11.1 Å². The highest BCUT2D eigenvalue weighted by atomic mass is 32.1. The van der Waals surface area contributed by atoms with Crippen molar-refractivity contribution in [1.82, 2.24) is 9.80 Å². The van der Waals surface area contributed by atoms with Gasteiger partial charge >= 0.3 is 6.18 Å². The SMILES string of the molecule is NC(=S)C1(C(=O)N2CCN(CC(F)(F)F)CC2)CC1. The van der Waals surface area contributed by atoms with Gasteiger partial charge in [-0.25, -0.2) is 0 Å². The van der Waals surface area contributed by atoms with Gasteiger partial charge in [0, 0.05) is 26.2 Å². The maximum Gasteiger partial charge on any atom is 0.401 e. The Bertz CT molecular complexity index is 387. The van der Waals surface area contributed by atoms with E-state index in [-0.39, 0.29) is 24.0 Å². The second kappa shape index (κ2) is 4.90. The maximum absolute atomic E-state index is 12.2. The van der Waals surface area contributed by atoms with Gasteiger partial charge in [-0.15, -0.1) is 0 Å². The van der Waals surface area contributed by atoms with Gasteiger partial charge in [0.05, 0.1) is 16.9 Å². The highest BCUT2D eigenvalue weighted by Crippen LogP contribution is 2.47. The molecule has 1 aliphatic carbocycles. The Morgan fingerprint density at radius 3 is 2.11 bits per heavy atom. The van der Waals surface area contributed by atoms with Crippen molar-refractivity contribution in [3.8, 4) is 0 Å². The molecule has 19 heavy (non-hydrogen) atoms. The molecule has 8 heteroatoms. The number of nitrogens with two attached hydrogens (primary N) is 1. The summed E-state index contributed by atoms with van der Waals surface area (Å²) in [7, 11) is 0. The van der Waals surface area contributed by atoms with Crippen LogP contribution in [0.4, 0.5) is 13.2 Å². The summed E-state index contributed by atoms with van der Waals surface area (Å²) in [4.78, 5) is 15.3. The minimum Gasteiger partial charge on any atom is -0.392 e. The first-order valence-electron chi connectivity index (χ1n) is 6.13. The average molecular weight is 295 g/mol. The van der Waals surface area contributed by atoms with E-state index in [1.165, 1.54) is 4.90 Å². The monoisotopic (exact) mass is 295 g/mol. The molecule has 0 unspecified atom stereocenters. The number of piperazine rings is 1. The third kappa shape index (κ3) is 3.17. The molecule has 1 amide bonds. The zero-order valence-electron chi connectivity index (χ0n) is 10.4. The molecule has 0 bridgehead atoms. The zero-order valence-corrected chi connectivity index (χ0v) is 11.2. The van der Waals surface area contributed by atoms with Gasteiger partial charge in [0.1, 0.15) is 0 Å². The number of hydrogen-bond donors (Lipinski definition) is 1. The van der Waals surface area contributed by atoms with Gasteiger partial charge in [-0.2, -0.15) is 13.2 Å². The third-order valence-corrected chi connectivity index (χ3v) is 4.08. The normalized spacial score (nSPS) is 23.2. The standard InChI is InChI=1S/C11H16F3N3OS/c12-11(13,14)7-16-3-5-17(6-4-16)9(18)10(1-2-10)8(15)19/h1-7H2,(H2,15,19). The van der Waals surface area contributed by atoms with E-state index in [1.807, 2.05) is 0 Å². The number of hydrogen-bond acceptors (Lipinski definition) is 3. The number of amides is 1. The van der Waals surface area contributed by atoms with Crippen molar-refractivity contribution in [3.63, 3.8) is 0 Å². The van der Waals surface area contributed by atoms with Crippen LogP contribution in [0.1, 0.15) is 12.8 Å². The molecule has 2 aliphatic rings. The fourth-order valence-electron chi connectivity index (χ4n) is 2.36. The van der Waals surface area contributed by atoms with Gasteiger partial charge in [0.2, 0.25) is 5.91 Å². The maximum atomic E-state index is 12.2. The van der Waals surface area contributed by atoms with E-state index in [1.54, 1.807) is 4.90 Å². The van der Waals surface area contributed by atoms with Crippen LogP contribution in [0, 0.1) is 5.41 Å². The number of carbonyl (C=O) groups is 1. The fourth-order valence-corrected chi connectivity index (χ4v) is 2.65. The molecule has 2 fully saturated rings. The van der Waals surface area contributed by atoms with Crippen LogP contribution in [0.3, 0.4) is 0 Å². The van der Waals surface area contributed by atoms with Crippen LogP contribution in [0.2, 0.25) is 0 Å². The third-order valence-electron chi connectivity index (χ3n) is 3.69. The molecule has 1 saturated heterocycles. The van der Waals surface area contributed by atoms with Gasteiger partial charge in [0.25, 0.3) is 0 Å². The Morgan fingerprint density at radius 2 is 1.74 bits per heavy atom. The molecular weight excluding hydrogens is 279 g/mol. The minimum atomic E-state index is -4.19. The Balaban J connectivity index is 1.87. The largest absolute Gasteiger partial charge is 0.401 e. The average Bonchev–Trinajstić information content (AvgIpc) is 3.08. The van der Waals surface area contributed by atoms with E-state index in [0.29, 0.717) is 25.9 Å². The fraction of sp³-hybridized carbons (Fsp3) is 0.818. The van der Waals surface area contributed by atoms with E-state index in [9.17, 15) is 18.0 Å². The summed E-state index contributed by atoms with van der Waals surface area (Å²) in [6.45, 7) is 0.158. The number of halogens is 3. The first kappa shape index (κ1) is 14.5. The molecule has 4 nitrogen and oxygen atoms in total. The minimum absolute atomic E-state index is 0.119. The molecule has 1 heterocycles. The molecule has 2 N–H and O–H groups in total. The van der Waals surface area contributed by atoms with E-state index in [4.69, 9.17) is 18.0 Å². The lowest BCUT2D eigenvalue weighted by atomic mass is 10.1. The lowest BCUT2D eigenvalue weighted by molar-refractivity contribution is -0.152. The lowest BCUT2D eigenvalue weighted by Gasteiger charge is -2.36. The molecule has 0 aromatic heterocycles. The molecule has 0 radical (unpaired) electrons. The molecule has 2 rings (SSSR count). The van der Waals surface area contributed by atoms with Crippen LogP contribution in [-0.2, 0) is 4.79 Å². The Hall–Kier alpha value is -0.890. The molecule has 108 valence electrons. The van der Waals surface area contributed by atoms with Crippen LogP contribution >= 0.6 is 12.2 Å². The molecule has 1 saturated carbocycles. The van der Waals surface area contributed by atoms with Gasteiger partial charge in [-0.3, -0.25) is 9.69 Å². The summed E-state index contributed by atoms with van der Waals surface area (Å²) in [5.41, 5.74) is 4.87. The molecule has 0 aromatic rings. The Kier molecular flexibility index (Phi) is 3.74. The zero-order chi connectivity index (χ0) is 14.3. The van der Waals surface area contributed by atoms with Gasteiger partial charge in [0.15, 0.2) is 0 Å². The van der Waals surface area contributed by atoms with Crippen LogP contribution in [0.5, 0.6) is 0 Å². The highest BCUT2D eigenvalue weighted by molar-refractivity contribution is 7.80. The summed E-state index contributed by atoms with van der Waals surface area (Å²) >= 11 is 4.91. The molecular formula is C11H16F3N3OS. The van der Waals surface area contributed by atoms with Crippen molar-refractivity contribution in [2.45, 2.75) is 19.0 Å². The van der Waals surface area contributed by atoms with Crippen molar-refractivity contribution >= 4 is 23.1 Å². The predicted molar refractivity (Wildman–Crippen MR) is 67.5 cm³/mol. The van der Waals surface area contributed by atoms with Crippen molar-refractivity contribution in [1.29, 1.82) is 0 Å². The van der Waals surface area contributed by atoms with Gasteiger partial charge in [-0.1, -0.05) is 12.2 Å². The van der Waals surface area contributed by atoms with Crippen molar-refractivity contribution in [3.05, 3.63) is 0 Å². The number of thiocarbonyl (C=S) groups is 1. The summed E-state index contributed by atoms with van der Waals surface area (Å²) in [6.07, 6.45) is -2.88. The van der Waals surface area contributed by atoms with Gasteiger partial charge in [-0.05, 0) is 12.8 Å². The van der Waals surface area contributed by atoms with Crippen molar-refractivity contribution in [2.75, 3.05) is 32.7 Å². The topological polar surface area (TPSA) is 49.6 Å². The van der Waals surface area contributed by atoms with Crippen LogP contribution in [0.25, 0.3) is 0 Å². The summed E-state index contributed by atoms with van der Waals surface area (Å²) in [5.74, 6) is -0.119. The molecule has 1 aliphatic heterocycles. The second-order valence-corrected chi connectivity index (χ2v) is 5.57. The van der Waals surface area contributed by atoms with Crippen LogP contribution in [-0.4, -0.2) is 59.6 Å². The van der Waals surface area contributed by atoms with E-state index in [2.05, 4.69) is 0 Å². The molecule has 0 atom stereocenters. The number of carbonyl (C=O) groups excluding carboxylic acids is 1. The highest BCUT2D eigenvalue weighted by Gasteiger charge is 2.54. The number of alkyl halides is 3. The first-order valence-corrected chi connectivity index (χ1v) is 6.54. The van der Waals surface area contributed by atoms with Crippen molar-refractivity contribution < 1.29 is 18.0 Å². The van der Waals surface area contributed by atoms with Gasteiger partial charge < -0.3 is 10.6 Å². The van der Waals surface area contributed by atoms with Crippen LogP contribution in [0.15, 0.2) is 0 Å². The number of nitrogens with zero attached hydrogens (tertiary/aromatic N) is 2. The number of rotatable bonds is 3. The van der Waals surface area contributed by atoms with Crippen LogP contribution < -0.4 is 5.73 Å². The molecule has 0 spiro atoms.